The first kappa shape index (κ1) is 14.2. The number of carboxylic acid groups (broad SMARTS) is 1. The molecule has 0 aliphatic carbocycles. The molecule has 1 unspecified atom stereocenters. The maximum atomic E-state index is 10.9. The van der Waals surface area contributed by atoms with E-state index in [9.17, 15) is 14.9 Å². The Kier molecular flexibility index (Phi) is 4.87. The summed E-state index contributed by atoms with van der Waals surface area (Å²) >= 11 is 5.76. The van der Waals surface area contributed by atoms with E-state index >= 15 is 0 Å². The van der Waals surface area contributed by atoms with E-state index in [1.54, 1.807) is 0 Å². The highest BCUT2D eigenvalue weighted by Crippen LogP contribution is 2.35. The van der Waals surface area contributed by atoms with E-state index in [2.05, 4.69) is 4.74 Å². The predicted molar refractivity (Wildman–Crippen MR) is 62.0 cm³/mol. The SMILES string of the molecule is COCC(Oc1c(Cl)cccc1[N+](=O)[O-])C(=O)O. The molecule has 1 rings (SSSR count). The number of carboxylic acids is 1. The molecule has 98 valence electrons. The topological polar surface area (TPSA) is 98.9 Å². The third-order valence-electron chi connectivity index (χ3n) is 2.00. The monoisotopic (exact) mass is 275 g/mol. The molecule has 0 bridgehead atoms. The normalized spacial score (nSPS) is 11.9. The van der Waals surface area contributed by atoms with Crippen molar-refractivity contribution in [1.29, 1.82) is 0 Å². The first-order chi connectivity index (χ1) is 8.47. The highest BCUT2D eigenvalue weighted by molar-refractivity contribution is 6.32. The lowest BCUT2D eigenvalue weighted by Crippen LogP contribution is -2.31. The molecule has 8 heteroatoms. The van der Waals surface area contributed by atoms with E-state index < -0.39 is 22.7 Å². The average Bonchev–Trinajstić information content (AvgIpc) is 2.30. The molecule has 1 aromatic rings. The number of halogens is 1. The van der Waals surface area contributed by atoms with Crippen LogP contribution in [0.4, 0.5) is 5.69 Å². The van der Waals surface area contributed by atoms with Crippen LogP contribution in [0.25, 0.3) is 0 Å². The van der Waals surface area contributed by atoms with Gasteiger partial charge in [0.1, 0.15) is 0 Å². The van der Waals surface area contributed by atoms with Crippen molar-refractivity contribution in [1.82, 2.24) is 0 Å². The summed E-state index contributed by atoms with van der Waals surface area (Å²) in [4.78, 5) is 20.9. The third kappa shape index (κ3) is 3.31. The quantitative estimate of drug-likeness (QED) is 0.627. The minimum absolute atomic E-state index is 0.0356. The smallest absolute Gasteiger partial charge is 0.347 e. The lowest BCUT2D eigenvalue weighted by atomic mass is 10.3. The van der Waals surface area contributed by atoms with Gasteiger partial charge in [-0.05, 0) is 6.07 Å². The van der Waals surface area contributed by atoms with Crippen molar-refractivity contribution in [2.45, 2.75) is 6.10 Å². The van der Waals surface area contributed by atoms with Gasteiger partial charge >= 0.3 is 11.7 Å². The van der Waals surface area contributed by atoms with Crippen molar-refractivity contribution in [3.05, 3.63) is 33.3 Å². The molecule has 0 aliphatic rings. The number of para-hydroxylation sites is 1. The highest BCUT2D eigenvalue weighted by Gasteiger charge is 2.26. The number of nitro benzene ring substituents is 1. The van der Waals surface area contributed by atoms with Crippen molar-refractivity contribution in [3.63, 3.8) is 0 Å². The van der Waals surface area contributed by atoms with Crippen LogP contribution in [-0.2, 0) is 9.53 Å². The van der Waals surface area contributed by atoms with Crippen molar-refractivity contribution in [3.8, 4) is 5.75 Å². The van der Waals surface area contributed by atoms with Gasteiger partial charge < -0.3 is 14.6 Å². The van der Waals surface area contributed by atoms with Crippen LogP contribution < -0.4 is 4.74 Å². The number of nitrogens with zero attached hydrogens (tertiary/aromatic N) is 1. The molecule has 0 amide bonds. The molecule has 0 aromatic heterocycles. The molecule has 0 saturated carbocycles. The second-order valence-corrected chi connectivity index (χ2v) is 3.65. The van der Waals surface area contributed by atoms with Crippen molar-refractivity contribution in [2.75, 3.05) is 13.7 Å². The minimum atomic E-state index is -1.37. The summed E-state index contributed by atoms with van der Waals surface area (Å²) in [6, 6.07) is 3.92. The molecule has 0 spiro atoms. The third-order valence-corrected chi connectivity index (χ3v) is 2.29. The maximum Gasteiger partial charge on any atom is 0.347 e. The Morgan fingerprint density at radius 1 is 1.61 bits per heavy atom. The van der Waals surface area contributed by atoms with Gasteiger partial charge in [0.15, 0.2) is 0 Å². The molecular weight excluding hydrogens is 266 g/mol. The maximum absolute atomic E-state index is 10.9. The fourth-order valence-electron chi connectivity index (χ4n) is 1.21. The summed E-state index contributed by atoms with van der Waals surface area (Å²) in [5.74, 6) is -1.58. The van der Waals surface area contributed by atoms with Crippen LogP contribution in [0, 0.1) is 10.1 Å². The van der Waals surface area contributed by atoms with Crippen LogP contribution in [0.15, 0.2) is 18.2 Å². The van der Waals surface area contributed by atoms with Gasteiger partial charge in [-0.3, -0.25) is 10.1 Å². The molecule has 0 heterocycles. The summed E-state index contributed by atoms with van der Waals surface area (Å²) in [5.41, 5.74) is -0.398. The number of ether oxygens (including phenoxy) is 2. The van der Waals surface area contributed by atoms with Crippen LogP contribution in [0.1, 0.15) is 0 Å². The fraction of sp³-hybridized carbons (Fsp3) is 0.300. The molecule has 1 N–H and O–H groups in total. The number of carbonyl (C=O) groups is 1. The molecule has 0 aliphatic heterocycles. The number of methoxy groups -OCH3 is 1. The summed E-state index contributed by atoms with van der Waals surface area (Å²) in [6.45, 7) is -0.252. The summed E-state index contributed by atoms with van der Waals surface area (Å²) in [6.07, 6.45) is -1.37. The van der Waals surface area contributed by atoms with Gasteiger partial charge in [-0.1, -0.05) is 17.7 Å². The van der Waals surface area contributed by atoms with Crippen LogP contribution in [-0.4, -0.2) is 35.8 Å². The van der Waals surface area contributed by atoms with Gasteiger partial charge in [0.25, 0.3) is 0 Å². The zero-order valence-electron chi connectivity index (χ0n) is 9.33. The van der Waals surface area contributed by atoms with Crippen molar-refractivity contribution < 1.29 is 24.3 Å². The molecule has 1 aromatic carbocycles. The van der Waals surface area contributed by atoms with Gasteiger partial charge in [-0.2, -0.15) is 0 Å². The van der Waals surface area contributed by atoms with Crippen LogP contribution in [0.3, 0.4) is 0 Å². The number of aliphatic carboxylic acids is 1. The molecular formula is C10H10ClNO6. The first-order valence-electron chi connectivity index (χ1n) is 4.78. The number of rotatable bonds is 6. The van der Waals surface area contributed by atoms with Crippen LogP contribution >= 0.6 is 11.6 Å². The Balaban J connectivity index is 3.08. The number of hydrogen-bond acceptors (Lipinski definition) is 5. The Bertz CT molecular complexity index is 464. The van der Waals surface area contributed by atoms with Crippen LogP contribution in [0.2, 0.25) is 5.02 Å². The predicted octanol–water partition coefficient (Wildman–Crippen LogP) is 1.73. The second-order valence-electron chi connectivity index (χ2n) is 3.25. The summed E-state index contributed by atoms with van der Waals surface area (Å²) in [7, 11) is 1.29. The van der Waals surface area contributed by atoms with Crippen LogP contribution in [0.5, 0.6) is 5.75 Å². The van der Waals surface area contributed by atoms with Gasteiger partial charge in [0.2, 0.25) is 11.9 Å². The van der Waals surface area contributed by atoms with E-state index in [0.29, 0.717) is 0 Å². The largest absolute Gasteiger partial charge is 0.478 e. The Labute approximate surface area is 107 Å². The summed E-state index contributed by atoms with van der Waals surface area (Å²) in [5, 5.41) is 19.6. The molecule has 18 heavy (non-hydrogen) atoms. The minimum Gasteiger partial charge on any atom is -0.478 e. The van der Waals surface area contributed by atoms with E-state index in [-0.39, 0.29) is 17.4 Å². The Morgan fingerprint density at radius 2 is 2.28 bits per heavy atom. The summed E-state index contributed by atoms with van der Waals surface area (Å²) < 4.78 is 9.70. The second kappa shape index (κ2) is 6.18. The lowest BCUT2D eigenvalue weighted by Gasteiger charge is -2.14. The van der Waals surface area contributed by atoms with E-state index in [1.165, 1.54) is 25.3 Å². The zero-order chi connectivity index (χ0) is 13.7. The number of benzene rings is 1. The van der Waals surface area contributed by atoms with Gasteiger partial charge in [-0.25, -0.2) is 4.79 Å². The van der Waals surface area contributed by atoms with E-state index in [4.69, 9.17) is 21.4 Å². The molecule has 1 atom stereocenters. The first-order valence-corrected chi connectivity index (χ1v) is 5.16. The van der Waals surface area contributed by atoms with Crippen molar-refractivity contribution in [2.24, 2.45) is 0 Å². The zero-order valence-corrected chi connectivity index (χ0v) is 10.1. The van der Waals surface area contributed by atoms with Crippen molar-refractivity contribution >= 4 is 23.3 Å². The van der Waals surface area contributed by atoms with Gasteiger partial charge in [0, 0.05) is 13.2 Å². The van der Waals surface area contributed by atoms with Gasteiger partial charge in [0.05, 0.1) is 16.6 Å². The molecule has 0 fully saturated rings. The number of hydrogen-bond donors (Lipinski definition) is 1. The Morgan fingerprint density at radius 3 is 2.78 bits per heavy atom. The Hall–Kier alpha value is -1.86. The lowest BCUT2D eigenvalue weighted by molar-refractivity contribution is -0.386. The van der Waals surface area contributed by atoms with E-state index in [1.807, 2.05) is 0 Å². The standard InChI is InChI=1S/C10H10ClNO6/c1-17-5-8(10(13)14)18-9-6(11)3-2-4-7(9)12(15)16/h2-4,8H,5H2,1H3,(H,13,14). The van der Waals surface area contributed by atoms with E-state index in [0.717, 1.165) is 0 Å². The number of nitro groups is 1. The molecule has 0 saturated heterocycles. The molecule has 0 radical (unpaired) electrons. The van der Waals surface area contributed by atoms with Gasteiger partial charge in [-0.15, -0.1) is 0 Å². The average molecular weight is 276 g/mol. The fourth-order valence-corrected chi connectivity index (χ4v) is 1.42. The molecule has 7 nitrogen and oxygen atoms in total. The highest BCUT2D eigenvalue weighted by atomic mass is 35.5.